The van der Waals surface area contributed by atoms with Gasteiger partial charge in [0.1, 0.15) is 0 Å². The van der Waals surface area contributed by atoms with Gasteiger partial charge < -0.3 is 5.32 Å². The Balaban J connectivity index is 2.12. The van der Waals surface area contributed by atoms with Gasteiger partial charge in [-0.2, -0.15) is 0 Å². The molecular weight excluding hydrogens is 282 g/mol. The van der Waals surface area contributed by atoms with E-state index in [0.717, 1.165) is 45.1 Å². The molecule has 1 aromatic rings. The van der Waals surface area contributed by atoms with E-state index in [1.807, 2.05) is 12.1 Å². The molecule has 2 rings (SSSR count). The molecule has 0 fully saturated rings. The van der Waals surface area contributed by atoms with Crippen molar-refractivity contribution < 1.29 is 8.42 Å². The van der Waals surface area contributed by atoms with Gasteiger partial charge in [0.05, 0.1) is 10.6 Å². The Morgan fingerprint density at radius 3 is 2.62 bits per heavy atom. The minimum absolute atomic E-state index is 0.0632. The van der Waals surface area contributed by atoms with Crippen LogP contribution in [0, 0.1) is 0 Å². The van der Waals surface area contributed by atoms with Crippen LogP contribution in [0.2, 0.25) is 0 Å². The third-order valence-electron chi connectivity index (χ3n) is 4.17. The molecule has 0 bridgehead atoms. The number of fused-ring (bicyclic) bond motifs is 1. The van der Waals surface area contributed by atoms with E-state index in [4.69, 9.17) is 0 Å². The first kappa shape index (κ1) is 16.5. The standard InChI is InChI=1S/C17H27NO2S/c1-3-6-16(18-11-4-2)13-21(19,20)17-10-9-14-7-5-8-15(14)12-17/h9-10,12,16,18H,3-8,11,13H2,1-2H3. The summed E-state index contributed by atoms with van der Waals surface area (Å²) in [5.41, 5.74) is 2.55. The first-order valence-corrected chi connectivity index (χ1v) is 9.80. The normalized spacial score (nSPS) is 15.9. The lowest BCUT2D eigenvalue weighted by molar-refractivity contribution is 0.500. The molecule has 118 valence electrons. The van der Waals surface area contributed by atoms with Gasteiger partial charge in [0.15, 0.2) is 9.84 Å². The number of aryl methyl sites for hydroxylation is 2. The van der Waals surface area contributed by atoms with Gasteiger partial charge in [-0.25, -0.2) is 8.42 Å². The summed E-state index contributed by atoms with van der Waals surface area (Å²) < 4.78 is 25.3. The fourth-order valence-electron chi connectivity index (χ4n) is 3.04. The largest absolute Gasteiger partial charge is 0.313 e. The topological polar surface area (TPSA) is 46.2 Å². The third kappa shape index (κ3) is 4.30. The summed E-state index contributed by atoms with van der Waals surface area (Å²) in [6.45, 7) is 5.08. The Morgan fingerprint density at radius 2 is 1.90 bits per heavy atom. The van der Waals surface area contributed by atoms with Crippen molar-refractivity contribution >= 4 is 9.84 Å². The predicted molar refractivity (Wildman–Crippen MR) is 87.5 cm³/mol. The average Bonchev–Trinajstić information content (AvgIpc) is 2.92. The van der Waals surface area contributed by atoms with Crippen molar-refractivity contribution in [3.05, 3.63) is 29.3 Å². The van der Waals surface area contributed by atoms with Gasteiger partial charge in [-0.15, -0.1) is 0 Å². The molecule has 0 saturated carbocycles. The van der Waals surface area contributed by atoms with Crippen LogP contribution in [0.3, 0.4) is 0 Å². The quantitative estimate of drug-likeness (QED) is 0.802. The predicted octanol–water partition coefficient (Wildman–Crippen LogP) is 3.12. The van der Waals surface area contributed by atoms with E-state index >= 15 is 0 Å². The van der Waals surface area contributed by atoms with Gasteiger partial charge in [-0.05, 0) is 61.9 Å². The second-order valence-electron chi connectivity index (χ2n) is 6.01. The van der Waals surface area contributed by atoms with E-state index in [1.54, 1.807) is 6.07 Å². The SMILES string of the molecule is CCCNC(CCC)CS(=O)(=O)c1ccc2c(c1)CCC2. The van der Waals surface area contributed by atoms with Crippen LogP contribution in [0.4, 0.5) is 0 Å². The van der Waals surface area contributed by atoms with Gasteiger partial charge in [0.25, 0.3) is 0 Å². The van der Waals surface area contributed by atoms with Gasteiger partial charge >= 0.3 is 0 Å². The fourth-order valence-corrected chi connectivity index (χ4v) is 4.65. The summed E-state index contributed by atoms with van der Waals surface area (Å²) in [5.74, 6) is 0.208. The molecule has 0 heterocycles. The molecule has 0 aliphatic heterocycles. The summed E-state index contributed by atoms with van der Waals surface area (Å²) >= 11 is 0. The van der Waals surface area contributed by atoms with E-state index in [-0.39, 0.29) is 11.8 Å². The van der Waals surface area contributed by atoms with E-state index in [1.165, 1.54) is 11.1 Å². The molecule has 0 amide bonds. The second-order valence-corrected chi connectivity index (χ2v) is 8.04. The summed E-state index contributed by atoms with van der Waals surface area (Å²) in [6, 6.07) is 5.76. The molecule has 1 atom stereocenters. The van der Waals surface area contributed by atoms with Gasteiger partial charge in [0, 0.05) is 6.04 Å². The monoisotopic (exact) mass is 309 g/mol. The van der Waals surface area contributed by atoms with Crippen molar-refractivity contribution in [1.82, 2.24) is 5.32 Å². The van der Waals surface area contributed by atoms with E-state index in [0.29, 0.717) is 4.90 Å². The van der Waals surface area contributed by atoms with Crippen LogP contribution < -0.4 is 5.32 Å². The summed E-state index contributed by atoms with van der Waals surface area (Å²) in [4.78, 5) is 0.502. The third-order valence-corrected chi connectivity index (χ3v) is 5.98. The molecule has 3 nitrogen and oxygen atoms in total. The number of hydrogen-bond acceptors (Lipinski definition) is 3. The van der Waals surface area contributed by atoms with Crippen LogP contribution in [0.1, 0.15) is 50.7 Å². The number of sulfone groups is 1. The average molecular weight is 309 g/mol. The molecular formula is C17H27NO2S. The van der Waals surface area contributed by atoms with Gasteiger partial charge in [0.2, 0.25) is 0 Å². The van der Waals surface area contributed by atoms with Crippen molar-refractivity contribution in [2.45, 2.75) is 63.3 Å². The number of nitrogens with one attached hydrogen (secondary N) is 1. The second kappa shape index (κ2) is 7.41. The molecule has 1 aliphatic rings. The molecule has 1 N–H and O–H groups in total. The lowest BCUT2D eigenvalue weighted by Crippen LogP contribution is -2.36. The molecule has 21 heavy (non-hydrogen) atoms. The smallest absolute Gasteiger partial charge is 0.179 e. The molecule has 0 spiro atoms. The van der Waals surface area contributed by atoms with Crippen LogP contribution in [0.15, 0.2) is 23.1 Å². The molecule has 4 heteroatoms. The maximum Gasteiger partial charge on any atom is 0.179 e. The molecule has 1 aliphatic carbocycles. The van der Waals surface area contributed by atoms with Crippen molar-refractivity contribution in [2.24, 2.45) is 0 Å². The Morgan fingerprint density at radius 1 is 1.14 bits per heavy atom. The Kier molecular flexibility index (Phi) is 5.82. The number of rotatable bonds is 8. The zero-order chi connectivity index (χ0) is 15.3. The molecule has 0 saturated heterocycles. The Labute approximate surface area is 129 Å². The first-order valence-electron chi connectivity index (χ1n) is 8.14. The van der Waals surface area contributed by atoms with Crippen LogP contribution >= 0.6 is 0 Å². The van der Waals surface area contributed by atoms with Gasteiger partial charge in [-0.3, -0.25) is 0 Å². The summed E-state index contributed by atoms with van der Waals surface area (Å²) in [5, 5.41) is 3.37. The highest BCUT2D eigenvalue weighted by Crippen LogP contribution is 2.25. The summed E-state index contributed by atoms with van der Waals surface area (Å²) in [7, 11) is -3.20. The van der Waals surface area contributed by atoms with Crippen LogP contribution in [-0.4, -0.2) is 26.8 Å². The molecule has 1 unspecified atom stereocenters. The molecule has 0 radical (unpaired) electrons. The van der Waals surface area contributed by atoms with E-state index in [9.17, 15) is 8.42 Å². The van der Waals surface area contributed by atoms with Crippen molar-refractivity contribution in [1.29, 1.82) is 0 Å². The minimum Gasteiger partial charge on any atom is -0.313 e. The first-order chi connectivity index (χ1) is 10.1. The minimum atomic E-state index is -3.20. The zero-order valence-corrected chi connectivity index (χ0v) is 14.0. The lowest BCUT2D eigenvalue weighted by Gasteiger charge is -2.18. The highest BCUT2D eigenvalue weighted by Gasteiger charge is 2.22. The van der Waals surface area contributed by atoms with Crippen molar-refractivity contribution in [2.75, 3.05) is 12.3 Å². The number of benzene rings is 1. The maximum absolute atomic E-state index is 12.6. The number of hydrogen-bond donors (Lipinski definition) is 1. The van der Waals surface area contributed by atoms with Crippen LogP contribution in [0.5, 0.6) is 0 Å². The molecule has 1 aromatic carbocycles. The van der Waals surface area contributed by atoms with E-state index in [2.05, 4.69) is 19.2 Å². The van der Waals surface area contributed by atoms with Gasteiger partial charge in [-0.1, -0.05) is 26.3 Å². The lowest BCUT2D eigenvalue weighted by atomic mass is 10.1. The Hall–Kier alpha value is -0.870. The fraction of sp³-hybridized carbons (Fsp3) is 0.647. The van der Waals surface area contributed by atoms with Crippen LogP contribution in [0.25, 0.3) is 0 Å². The van der Waals surface area contributed by atoms with E-state index < -0.39 is 9.84 Å². The van der Waals surface area contributed by atoms with Crippen molar-refractivity contribution in [3.63, 3.8) is 0 Å². The highest BCUT2D eigenvalue weighted by molar-refractivity contribution is 7.91. The Bertz CT molecular complexity index is 566. The summed E-state index contributed by atoms with van der Waals surface area (Å²) in [6.07, 6.45) is 6.19. The highest BCUT2D eigenvalue weighted by atomic mass is 32.2. The zero-order valence-electron chi connectivity index (χ0n) is 13.2. The maximum atomic E-state index is 12.6. The molecule has 0 aromatic heterocycles. The van der Waals surface area contributed by atoms with Crippen molar-refractivity contribution in [3.8, 4) is 0 Å². The van der Waals surface area contributed by atoms with Crippen LogP contribution in [-0.2, 0) is 22.7 Å².